The topological polar surface area (TPSA) is 24.9 Å². The van der Waals surface area contributed by atoms with Gasteiger partial charge in [0, 0.05) is 6.20 Å². The van der Waals surface area contributed by atoms with Crippen molar-refractivity contribution in [1.29, 1.82) is 0 Å². The molecule has 2 nitrogen and oxygen atoms in total. The Morgan fingerprint density at radius 3 is 2.50 bits per heavy atom. The maximum Gasteiger partial charge on any atom is 0.0805 e. The van der Waals surface area contributed by atoms with Crippen LogP contribution < -0.4 is 5.32 Å². The van der Waals surface area contributed by atoms with Gasteiger partial charge in [-0.3, -0.25) is 4.98 Å². The summed E-state index contributed by atoms with van der Waals surface area (Å²) in [6.07, 6.45) is 1.63. The molecule has 1 unspecified atom stereocenters. The first-order chi connectivity index (χ1) is 9.52. The number of nitrogens with zero attached hydrogens (tertiary/aromatic N) is 1. The lowest BCUT2D eigenvalue weighted by molar-refractivity contribution is 0.615. The first kappa shape index (κ1) is 15.3. The van der Waals surface area contributed by atoms with Crippen LogP contribution in [0.15, 0.2) is 30.5 Å². The van der Waals surface area contributed by atoms with Crippen LogP contribution in [0, 0.1) is 13.8 Å². The number of hydrogen-bond donors (Lipinski definition) is 1. The standard InChI is InChI=1S/C16H18Cl2N2/c1-4-19-15(12-6-5-10(2)11(3)7-12)16-14(18)8-13(17)9-20-16/h5-9,15,19H,4H2,1-3H3. The SMILES string of the molecule is CCNC(c1ccc(C)c(C)c1)c1ncc(Cl)cc1Cl. The van der Waals surface area contributed by atoms with Gasteiger partial charge in [0.15, 0.2) is 0 Å². The van der Waals surface area contributed by atoms with Gasteiger partial charge in [-0.1, -0.05) is 48.3 Å². The molecule has 2 aromatic rings. The summed E-state index contributed by atoms with van der Waals surface area (Å²) in [5.74, 6) is 0. The van der Waals surface area contributed by atoms with Gasteiger partial charge in [0.05, 0.1) is 21.8 Å². The molecule has 1 heterocycles. The number of rotatable bonds is 4. The molecule has 0 aliphatic heterocycles. The fourth-order valence-electron chi connectivity index (χ4n) is 2.16. The van der Waals surface area contributed by atoms with Gasteiger partial charge in [0.25, 0.3) is 0 Å². The number of aromatic nitrogens is 1. The summed E-state index contributed by atoms with van der Waals surface area (Å²) in [6, 6.07) is 8.12. The Kier molecular flexibility index (Phi) is 5.03. The minimum Gasteiger partial charge on any atom is -0.305 e. The lowest BCUT2D eigenvalue weighted by Crippen LogP contribution is -2.23. The van der Waals surface area contributed by atoms with E-state index in [0.29, 0.717) is 10.0 Å². The predicted octanol–water partition coefficient (Wildman–Crippen LogP) is 4.70. The highest BCUT2D eigenvalue weighted by molar-refractivity contribution is 6.34. The van der Waals surface area contributed by atoms with E-state index in [2.05, 4.69) is 49.3 Å². The second kappa shape index (κ2) is 6.57. The van der Waals surface area contributed by atoms with Crippen molar-refractivity contribution >= 4 is 23.2 Å². The number of pyridine rings is 1. The van der Waals surface area contributed by atoms with Crippen LogP contribution in [-0.2, 0) is 0 Å². The Hall–Kier alpha value is -1.09. The van der Waals surface area contributed by atoms with Crippen molar-refractivity contribution in [3.8, 4) is 0 Å². The van der Waals surface area contributed by atoms with Gasteiger partial charge in [0.2, 0.25) is 0 Å². The molecule has 0 bridgehead atoms. The van der Waals surface area contributed by atoms with Crippen LogP contribution in [-0.4, -0.2) is 11.5 Å². The molecule has 0 saturated carbocycles. The van der Waals surface area contributed by atoms with Crippen molar-refractivity contribution in [2.45, 2.75) is 26.8 Å². The molecule has 0 aliphatic rings. The monoisotopic (exact) mass is 308 g/mol. The summed E-state index contributed by atoms with van der Waals surface area (Å²) in [7, 11) is 0. The molecule has 1 aromatic carbocycles. The molecule has 1 aromatic heterocycles. The summed E-state index contributed by atoms with van der Waals surface area (Å²) >= 11 is 12.2. The molecule has 1 N–H and O–H groups in total. The maximum absolute atomic E-state index is 6.29. The van der Waals surface area contributed by atoms with Crippen molar-refractivity contribution in [2.75, 3.05) is 6.54 Å². The van der Waals surface area contributed by atoms with Crippen molar-refractivity contribution in [2.24, 2.45) is 0 Å². The highest BCUT2D eigenvalue weighted by Crippen LogP contribution is 2.29. The number of nitrogens with one attached hydrogen (secondary N) is 1. The van der Waals surface area contributed by atoms with E-state index < -0.39 is 0 Å². The third-order valence-corrected chi connectivity index (χ3v) is 3.89. The van der Waals surface area contributed by atoms with Gasteiger partial charge in [-0.15, -0.1) is 0 Å². The third kappa shape index (κ3) is 3.32. The molecule has 0 spiro atoms. The van der Waals surface area contributed by atoms with E-state index in [1.54, 1.807) is 12.3 Å². The molecule has 0 radical (unpaired) electrons. The fraction of sp³-hybridized carbons (Fsp3) is 0.312. The van der Waals surface area contributed by atoms with Crippen LogP contribution >= 0.6 is 23.2 Å². The van der Waals surface area contributed by atoms with Crippen LogP contribution in [0.2, 0.25) is 10.0 Å². The van der Waals surface area contributed by atoms with E-state index in [-0.39, 0.29) is 6.04 Å². The largest absolute Gasteiger partial charge is 0.305 e. The Labute approximate surface area is 130 Å². The molecule has 0 saturated heterocycles. The van der Waals surface area contributed by atoms with Gasteiger partial charge in [0.1, 0.15) is 0 Å². The molecule has 1 atom stereocenters. The quantitative estimate of drug-likeness (QED) is 0.885. The minimum absolute atomic E-state index is 0.0240. The summed E-state index contributed by atoms with van der Waals surface area (Å²) in [6.45, 7) is 7.11. The Morgan fingerprint density at radius 1 is 1.15 bits per heavy atom. The van der Waals surface area contributed by atoms with Crippen molar-refractivity contribution in [3.05, 3.63) is 62.9 Å². The third-order valence-electron chi connectivity index (χ3n) is 3.38. The molecule has 106 valence electrons. The zero-order chi connectivity index (χ0) is 14.7. The molecule has 20 heavy (non-hydrogen) atoms. The molecular formula is C16H18Cl2N2. The van der Waals surface area contributed by atoms with Crippen molar-refractivity contribution < 1.29 is 0 Å². The number of benzene rings is 1. The number of halogens is 2. The summed E-state index contributed by atoms with van der Waals surface area (Å²) in [5, 5.41) is 4.57. The molecule has 0 aliphatic carbocycles. The van der Waals surface area contributed by atoms with E-state index >= 15 is 0 Å². The lowest BCUT2D eigenvalue weighted by Gasteiger charge is -2.20. The van der Waals surface area contributed by atoms with E-state index in [4.69, 9.17) is 23.2 Å². The Balaban J connectivity index is 2.47. The average molecular weight is 309 g/mol. The lowest BCUT2D eigenvalue weighted by atomic mass is 9.98. The number of hydrogen-bond acceptors (Lipinski definition) is 2. The van der Waals surface area contributed by atoms with E-state index in [0.717, 1.165) is 17.8 Å². The van der Waals surface area contributed by atoms with Gasteiger partial charge >= 0.3 is 0 Å². The Morgan fingerprint density at radius 2 is 1.90 bits per heavy atom. The summed E-state index contributed by atoms with van der Waals surface area (Å²) in [5.41, 5.74) is 4.50. The van der Waals surface area contributed by atoms with Gasteiger partial charge < -0.3 is 5.32 Å². The van der Waals surface area contributed by atoms with Crippen LogP contribution in [0.1, 0.15) is 35.3 Å². The highest BCUT2D eigenvalue weighted by Gasteiger charge is 2.18. The van der Waals surface area contributed by atoms with Crippen LogP contribution in [0.4, 0.5) is 0 Å². The maximum atomic E-state index is 6.29. The van der Waals surface area contributed by atoms with Gasteiger partial charge in [-0.25, -0.2) is 0 Å². The highest BCUT2D eigenvalue weighted by atomic mass is 35.5. The zero-order valence-corrected chi connectivity index (χ0v) is 13.4. The normalized spacial score (nSPS) is 12.4. The molecule has 2 rings (SSSR count). The fourth-order valence-corrected chi connectivity index (χ4v) is 2.65. The van der Waals surface area contributed by atoms with Crippen LogP contribution in [0.5, 0.6) is 0 Å². The molecule has 4 heteroatoms. The summed E-state index contributed by atoms with van der Waals surface area (Å²) in [4.78, 5) is 4.40. The van der Waals surface area contributed by atoms with E-state index in [9.17, 15) is 0 Å². The van der Waals surface area contributed by atoms with E-state index in [1.807, 2.05) is 0 Å². The second-order valence-corrected chi connectivity index (χ2v) is 5.70. The molecule has 0 fully saturated rings. The second-order valence-electron chi connectivity index (χ2n) is 4.85. The van der Waals surface area contributed by atoms with Crippen molar-refractivity contribution in [3.63, 3.8) is 0 Å². The Bertz CT molecular complexity index is 611. The zero-order valence-electron chi connectivity index (χ0n) is 11.9. The minimum atomic E-state index is -0.0240. The van der Waals surface area contributed by atoms with Gasteiger partial charge in [-0.2, -0.15) is 0 Å². The molecule has 0 amide bonds. The van der Waals surface area contributed by atoms with Crippen LogP contribution in [0.25, 0.3) is 0 Å². The average Bonchev–Trinajstić information content (AvgIpc) is 2.40. The van der Waals surface area contributed by atoms with E-state index in [1.165, 1.54) is 11.1 Å². The smallest absolute Gasteiger partial charge is 0.0805 e. The first-order valence-electron chi connectivity index (χ1n) is 6.64. The van der Waals surface area contributed by atoms with Crippen LogP contribution in [0.3, 0.4) is 0 Å². The predicted molar refractivity (Wildman–Crippen MR) is 85.7 cm³/mol. The number of aryl methyl sites for hydroxylation is 2. The van der Waals surface area contributed by atoms with Crippen molar-refractivity contribution in [1.82, 2.24) is 10.3 Å². The first-order valence-corrected chi connectivity index (χ1v) is 7.40. The summed E-state index contributed by atoms with van der Waals surface area (Å²) < 4.78 is 0. The molecular weight excluding hydrogens is 291 g/mol. The van der Waals surface area contributed by atoms with Gasteiger partial charge in [-0.05, 0) is 43.1 Å².